The Morgan fingerprint density at radius 1 is 1.00 bits per heavy atom. The van der Waals surface area contributed by atoms with Gasteiger partial charge in [0.05, 0.1) is 6.04 Å². The number of thiophene rings is 1. The summed E-state index contributed by atoms with van der Waals surface area (Å²) in [7, 11) is 0. The summed E-state index contributed by atoms with van der Waals surface area (Å²) in [5.41, 5.74) is 3.89. The van der Waals surface area contributed by atoms with Crippen molar-refractivity contribution in [2.45, 2.75) is 26.8 Å². The van der Waals surface area contributed by atoms with Gasteiger partial charge in [-0.1, -0.05) is 53.7 Å². The van der Waals surface area contributed by atoms with E-state index in [4.69, 9.17) is 4.52 Å². The molecule has 0 spiro atoms. The van der Waals surface area contributed by atoms with Crippen LogP contribution in [0, 0.1) is 20.8 Å². The zero-order chi connectivity index (χ0) is 21.1. The number of aromatic nitrogens is 1. The SMILES string of the molecule is Cc1cc(N[C@@H](c2ccccc2)c2c(NC(=O)c3ccccc3)sc(C)c2C)no1. The highest BCUT2D eigenvalue weighted by Gasteiger charge is 2.25. The first-order valence-corrected chi connectivity index (χ1v) is 10.6. The van der Waals surface area contributed by atoms with Crippen molar-refractivity contribution in [3.05, 3.63) is 99.6 Å². The quantitative estimate of drug-likeness (QED) is 0.397. The molecule has 2 N–H and O–H groups in total. The zero-order valence-corrected chi connectivity index (χ0v) is 17.9. The number of hydrogen-bond donors (Lipinski definition) is 2. The van der Waals surface area contributed by atoms with Gasteiger partial charge in [0.15, 0.2) is 5.82 Å². The van der Waals surface area contributed by atoms with Crippen LogP contribution in [0.1, 0.15) is 43.7 Å². The van der Waals surface area contributed by atoms with Crippen LogP contribution in [0.15, 0.2) is 71.3 Å². The summed E-state index contributed by atoms with van der Waals surface area (Å²) >= 11 is 1.59. The van der Waals surface area contributed by atoms with E-state index >= 15 is 0 Å². The summed E-state index contributed by atoms with van der Waals surface area (Å²) in [5, 5.41) is 11.6. The Balaban J connectivity index is 1.75. The largest absolute Gasteiger partial charge is 0.360 e. The first-order valence-electron chi connectivity index (χ1n) is 9.74. The van der Waals surface area contributed by atoms with Crippen LogP contribution in [-0.4, -0.2) is 11.1 Å². The highest BCUT2D eigenvalue weighted by Crippen LogP contribution is 2.41. The Hall–Kier alpha value is -3.38. The molecule has 1 amide bonds. The van der Waals surface area contributed by atoms with Gasteiger partial charge >= 0.3 is 0 Å². The molecule has 152 valence electrons. The maximum absolute atomic E-state index is 12.9. The van der Waals surface area contributed by atoms with Gasteiger partial charge in [0.25, 0.3) is 5.91 Å². The van der Waals surface area contributed by atoms with E-state index in [2.05, 4.69) is 41.8 Å². The van der Waals surface area contributed by atoms with Crippen LogP contribution in [0.3, 0.4) is 0 Å². The lowest BCUT2D eigenvalue weighted by Gasteiger charge is -2.21. The fourth-order valence-electron chi connectivity index (χ4n) is 3.40. The molecule has 2 aromatic heterocycles. The summed E-state index contributed by atoms with van der Waals surface area (Å²) < 4.78 is 5.25. The van der Waals surface area contributed by atoms with Crippen LogP contribution < -0.4 is 10.6 Å². The Morgan fingerprint density at radius 2 is 1.67 bits per heavy atom. The van der Waals surface area contributed by atoms with Gasteiger partial charge in [-0.15, -0.1) is 11.3 Å². The number of aryl methyl sites for hydroxylation is 2. The molecule has 0 saturated heterocycles. The third-order valence-electron chi connectivity index (χ3n) is 5.04. The highest BCUT2D eigenvalue weighted by atomic mass is 32.1. The van der Waals surface area contributed by atoms with Crippen molar-refractivity contribution in [2.24, 2.45) is 0 Å². The van der Waals surface area contributed by atoms with Crippen LogP contribution in [0.5, 0.6) is 0 Å². The number of carbonyl (C=O) groups is 1. The zero-order valence-electron chi connectivity index (χ0n) is 17.1. The smallest absolute Gasteiger partial charge is 0.256 e. The predicted octanol–water partition coefficient (Wildman–Crippen LogP) is 6.12. The molecular weight excluding hydrogens is 394 g/mol. The van der Waals surface area contributed by atoms with E-state index in [-0.39, 0.29) is 11.9 Å². The van der Waals surface area contributed by atoms with Gasteiger partial charge in [0, 0.05) is 22.1 Å². The van der Waals surface area contributed by atoms with Crippen LogP contribution >= 0.6 is 11.3 Å². The maximum Gasteiger partial charge on any atom is 0.256 e. The topological polar surface area (TPSA) is 67.2 Å². The fraction of sp³-hybridized carbons (Fsp3) is 0.167. The molecule has 0 aliphatic carbocycles. The minimum absolute atomic E-state index is 0.123. The van der Waals surface area contributed by atoms with Gasteiger partial charge in [-0.3, -0.25) is 4.79 Å². The van der Waals surface area contributed by atoms with Gasteiger partial charge < -0.3 is 15.2 Å². The number of nitrogens with one attached hydrogen (secondary N) is 2. The van der Waals surface area contributed by atoms with Crippen molar-refractivity contribution in [3.63, 3.8) is 0 Å². The van der Waals surface area contributed by atoms with Gasteiger partial charge in [-0.2, -0.15) is 0 Å². The molecule has 4 rings (SSSR count). The molecule has 0 aliphatic heterocycles. The number of carbonyl (C=O) groups excluding carboxylic acids is 1. The van der Waals surface area contributed by atoms with E-state index in [0.717, 1.165) is 32.3 Å². The molecule has 0 saturated carbocycles. The Morgan fingerprint density at radius 3 is 2.30 bits per heavy atom. The first-order chi connectivity index (χ1) is 14.5. The summed E-state index contributed by atoms with van der Waals surface area (Å²) in [4.78, 5) is 14.0. The van der Waals surface area contributed by atoms with E-state index in [1.807, 2.05) is 61.5 Å². The Kier molecular flexibility index (Phi) is 5.68. The molecule has 30 heavy (non-hydrogen) atoms. The minimum Gasteiger partial charge on any atom is -0.360 e. The molecule has 0 unspecified atom stereocenters. The molecule has 5 nitrogen and oxygen atoms in total. The van der Waals surface area contributed by atoms with Gasteiger partial charge in [0.1, 0.15) is 10.8 Å². The maximum atomic E-state index is 12.9. The van der Waals surface area contributed by atoms with E-state index in [1.54, 1.807) is 11.3 Å². The van der Waals surface area contributed by atoms with Crippen molar-refractivity contribution in [3.8, 4) is 0 Å². The number of nitrogens with zero attached hydrogens (tertiary/aromatic N) is 1. The third kappa shape index (κ3) is 4.14. The minimum atomic E-state index is -0.188. The Bertz CT molecular complexity index is 1150. The van der Waals surface area contributed by atoms with Crippen LogP contribution in [-0.2, 0) is 0 Å². The second kappa shape index (κ2) is 8.55. The van der Waals surface area contributed by atoms with E-state index in [0.29, 0.717) is 11.4 Å². The lowest BCUT2D eigenvalue weighted by molar-refractivity contribution is 0.102. The third-order valence-corrected chi connectivity index (χ3v) is 6.18. The van der Waals surface area contributed by atoms with Crippen LogP contribution in [0.4, 0.5) is 10.8 Å². The van der Waals surface area contributed by atoms with Crippen molar-refractivity contribution in [1.29, 1.82) is 0 Å². The van der Waals surface area contributed by atoms with Crippen molar-refractivity contribution < 1.29 is 9.32 Å². The molecule has 0 bridgehead atoms. The second-order valence-electron chi connectivity index (χ2n) is 7.16. The molecule has 0 radical (unpaired) electrons. The normalized spacial score (nSPS) is 11.8. The van der Waals surface area contributed by atoms with E-state index < -0.39 is 0 Å². The molecular formula is C24H23N3O2S. The molecule has 0 aliphatic rings. The van der Waals surface area contributed by atoms with Crippen molar-refractivity contribution >= 4 is 28.1 Å². The molecule has 2 aromatic carbocycles. The number of benzene rings is 2. The number of anilines is 2. The molecule has 2 heterocycles. The summed E-state index contributed by atoms with van der Waals surface area (Å²) in [6, 6.07) is 21.1. The number of rotatable bonds is 6. The van der Waals surface area contributed by atoms with Crippen LogP contribution in [0.2, 0.25) is 0 Å². The average molecular weight is 418 g/mol. The van der Waals surface area contributed by atoms with Gasteiger partial charge in [0.2, 0.25) is 0 Å². The average Bonchev–Trinajstić information content (AvgIpc) is 3.30. The lowest BCUT2D eigenvalue weighted by Crippen LogP contribution is -2.17. The van der Waals surface area contributed by atoms with Gasteiger partial charge in [-0.25, -0.2) is 0 Å². The standard InChI is InChI=1S/C24H23N3O2S/c1-15-14-20(27-29-15)25-22(18-10-6-4-7-11-18)21-16(2)17(3)30-24(21)26-23(28)19-12-8-5-9-13-19/h4-14,22H,1-3H3,(H,25,27)(H,26,28)/t22-/m0/s1. The summed E-state index contributed by atoms with van der Waals surface area (Å²) in [5.74, 6) is 1.27. The summed E-state index contributed by atoms with van der Waals surface area (Å²) in [6.07, 6.45) is 0. The Labute approximate surface area is 179 Å². The van der Waals surface area contributed by atoms with Gasteiger partial charge in [-0.05, 0) is 44.0 Å². The number of hydrogen-bond acceptors (Lipinski definition) is 5. The molecule has 4 aromatic rings. The second-order valence-corrected chi connectivity index (χ2v) is 8.38. The van der Waals surface area contributed by atoms with Crippen LogP contribution in [0.25, 0.3) is 0 Å². The van der Waals surface area contributed by atoms with E-state index in [9.17, 15) is 4.79 Å². The predicted molar refractivity (Wildman–Crippen MR) is 121 cm³/mol. The van der Waals surface area contributed by atoms with Crippen molar-refractivity contribution in [1.82, 2.24) is 5.16 Å². The number of amides is 1. The monoisotopic (exact) mass is 417 g/mol. The lowest BCUT2D eigenvalue weighted by atomic mass is 9.96. The van der Waals surface area contributed by atoms with E-state index in [1.165, 1.54) is 0 Å². The first kappa shape index (κ1) is 19.9. The molecule has 6 heteroatoms. The molecule has 1 atom stereocenters. The fourth-order valence-corrected chi connectivity index (χ4v) is 4.49. The molecule has 0 fully saturated rings. The summed E-state index contributed by atoms with van der Waals surface area (Å²) in [6.45, 7) is 6.02. The van der Waals surface area contributed by atoms with Crippen molar-refractivity contribution in [2.75, 3.05) is 10.6 Å². The highest BCUT2D eigenvalue weighted by molar-refractivity contribution is 7.16.